The number of hydrogen-bond acceptors (Lipinski definition) is 10. The van der Waals surface area contributed by atoms with E-state index < -0.39 is 48.7 Å². The first-order valence-corrected chi connectivity index (χ1v) is 7.10. The number of hydrogen-bond donors (Lipinski definition) is 10. The van der Waals surface area contributed by atoms with Crippen molar-refractivity contribution in [1.82, 2.24) is 10.6 Å². The predicted octanol–water partition coefficient (Wildman–Crippen LogP) is -5.93. The molecule has 4 unspecified atom stereocenters. The molecule has 2 heterocycles. The summed E-state index contributed by atoms with van der Waals surface area (Å²) >= 11 is 0. The van der Waals surface area contributed by atoms with Crippen LogP contribution in [0.25, 0.3) is 0 Å². The van der Waals surface area contributed by atoms with E-state index in [1.807, 2.05) is 0 Å². The third-order valence-electron chi connectivity index (χ3n) is 3.88. The van der Waals surface area contributed by atoms with Crippen molar-refractivity contribution in [2.75, 3.05) is 26.3 Å². The van der Waals surface area contributed by atoms with Crippen LogP contribution in [0.2, 0.25) is 0 Å². The fourth-order valence-electron chi connectivity index (χ4n) is 2.30. The summed E-state index contributed by atoms with van der Waals surface area (Å²) in [5, 5.41) is 77.2. The highest BCUT2D eigenvalue weighted by Gasteiger charge is 2.36. The Balaban J connectivity index is 0.000000220. The fourth-order valence-corrected chi connectivity index (χ4v) is 2.30. The molecule has 0 amide bonds. The number of β-amino-alcohol motifs (C(OH)–C–C–N with tert-alkyl or cyclic N) is 2. The van der Waals surface area contributed by atoms with Crippen LogP contribution in [0.1, 0.15) is 0 Å². The highest BCUT2D eigenvalue weighted by atomic mass is 16.4. The van der Waals surface area contributed by atoms with Gasteiger partial charge in [-0.1, -0.05) is 0 Å². The van der Waals surface area contributed by atoms with Crippen LogP contribution in [0.15, 0.2) is 0 Å². The molecule has 2 saturated heterocycles. The first kappa shape index (κ1) is 19.6. The second-order valence-electron chi connectivity index (χ2n) is 5.49. The Morgan fingerprint density at radius 1 is 0.591 bits per heavy atom. The summed E-state index contributed by atoms with van der Waals surface area (Å²) < 4.78 is 0. The second kappa shape index (κ2) is 9.03. The monoisotopic (exact) mass is 326 g/mol. The van der Waals surface area contributed by atoms with Crippen LogP contribution in [-0.4, -0.2) is 116 Å². The first-order valence-electron chi connectivity index (χ1n) is 7.10. The van der Waals surface area contributed by atoms with Crippen molar-refractivity contribution in [2.24, 2.45) is 0 Å². The van der Waals surface area contributed by atoms with E-state index in [0.29, 0.717) is 0 Å². The Hall–Kier alpha value is -0.400. The summed E-state index contributed by atoms with van der Waals surface area (Å²) in [4.78, 5) is 0. The lowest BCUT2D eigenvalue weighted by Crippen LogP contribution is -2.60. The van der Waals surface area contributed by atoms with Gasteiger partial charge in [0.15, 0.2) is 0 Å². The number of nitrogens with one attached hydrogen (secondary N) is 2. The summed E-state index contributed by atoms with van der Waals surface area (Å²) in [6.45, 7) is -0.0944. The molecule has 0 aromatic heterocycles. The van der Waals surface area contributed by atoms with Gasteiger partial charge in [-0.3, -0.25) is 0 Å². The molecule has 10 N–H and O–H groups in total. The predicted molar refractivity (Wildman–Crippen MR) is 73.8 cm³/mol. The maximum absolute atomic E-state index is 9.18. The van der Waals surface area contributed by atoms with E-state index in [1.54, 1.807) is 0 Å². The number of piperidine rings is 2. The fraction of sp³-hybridized carbons (Fsp3) is 1.00. The molecule has 0 spiro atoms. The highest BCUT2D eigenvalue weighted by Crippen LogP contribution is 2.10. The molecular weight excluding hydrogens is 300 g/mol. The lowest BCUT2D eigenvalue weighted by molar-refractivity contribution is -0.101. The third-order valence-corrected chi connectivity index (χ3v) is 3.88. The van der Waals surface area contributed by atoms with Gasteiger partial charge in [-0.15, -0.1) is 0 Å². The van der Waals surface area contributed by atoms with Crippen molar-refractivity contribution in [2.45, 2.75) is 48.7 Å². The Labute approximate surface area is 127 Å². The molecular formula is C12H26N2O8. The maximum atomic E-state index is 9.18. The highest BCUT2D eigenvalue weighted by molar-refractivity contribution is 4.92. The van der Waals surface area contributed by atoms with Gasteiger partial charge in [0.25, 0.3) is 0 Å². The molecule has 2 fully saturated rings. The smallest absolute Gasteiger partial charge is 0.109 e. The van der Waals surface area contributed by atoms with Crippen LogP contribution < -0.4 is 10.6 Å². The topological polar surface area (TPSA) is 186 Å². The van der Waals surface area contributed by atoms with Gasteiger partial charge in [0.2, 0.25) is 0 Å². The van der Waals surface area contributed by atoms with E-state index in [-0.39, 0.29) is 26.3 Å². The Kier molecular flexibility index (Phi) is 8.07. The van der Waals surface area contributed by atoms with Crippen molar-refractivity contribution in [3.8, 4) is 0 Å². The Morgan fingerprint density at radius 2 is 0.909 bits per heavy atom. The minimum atomic E-state index is -1.16. The summed E-state index contributed by atoms with van der Waals surface area (Å²) in [6.07, 6.45) is -6.41. The molecule has 10 nitrogen and oxygen atoms in total. The molecule has 2 rings (SSSR count). The molecule has 0 saturated carbocycles. The van der Waals surface area contributed by atoms with Crippen molar-refractivity contribution in [3.63, 3.8) is 0 Å². The van der Waals surface area contributed by atoms with Gasteiger partial charge >= 0.3 is 0 Å². The number of aliphatic hydroxyl groups is 8. The van der Waals surface area contributed by atoms with Gasteiger partial charge < -0.3 is 51.5 Å². The van der Waals surface area contributed by atoms with Crippen LogP contribution in [0.5, 0.6) is 0 Å². The lowest BCUT2D eigenvalue weighted by Gasteiger charge is -2.34. The minimum absolute atomic E-state index is 0.198. The van der Waals surface area contributed by atoms with Crippen molar-refractivity contribution >= 4 is 0 Å². The van der Waals surface area contributed by atoms with Gasteiger partial charge in [0.1, 0.15) is 12.2 Å². The molecule has 8 atom stereocenters. The average molecular weight is 326 g/mol. The second-order valence-corrected chi connectivity index (χ2v) is 5.49. The van der Waals surface area contributed by atoms with Gasteiger partial charge in [-0.05, 0) is 0 Å². The quantitative estimate of drug-likeness (QED) is 0.234. The Bertz CT molecular complexity index is 290. The maximum Gasteiger partial charge on any atom is 0.109 e. The molecule has 0 aliphatic carbocycles. The zero-order valence-corrected chi connectivity index (χ0v) is 12.0. The molecule has 132 valence electrons. The molecule has 0 bridgehead atoms. The van der Waals surface area contributed by atoms with E-state index in [9.17, 15) is 10.2 Å². The Morgan fingerprint density at radius 3 is 1.18 bits per heavy atom. The lowest BCUT2D eigenvalue weighted by atomic mass is 9.97. The van der Waals surface area contributed by atoms with E-state index in [2.05, 4.69) is 10.6 Å². The van der Waals surface area contributed by atoms with Gasteiger partial charge in [0.05, 0.1) is 49.7 Å². The van der Waals surface area contributed by atoms with Gasteiger partial charge in [-0.2, -0.15) is 0 Å². The van der Waals surface area contributed by atoms with Crippen molar-refractivity contribution < 1.29 is 40.9 Å². The zero-order valence-electron chi connectivity index (χ0n) is 12.0. The van der Waals surface area contributed by atoms with Crippen LogP contribution in [-0.2, 0) is 0 Å². The summed E-state index contributed by atoms with van der Waals surface area (Å²) in [7, 11) is 0. The van der Waals surface area contributed by atoms with E-state index in [0.717, 1.165) is 0 Å². The molecule has 2 aliphatic rings. The molecule has 10 heteroatoms. The van der Waals surface area contributed by atoms with Crippen molar-refractivity contribution in [3.05, 3.63) is 0 Å². The zero-order chi connectivity index (χ0) is 16.9. The number of rotatable bonds is 2. The normalized spacial score (nSPS) is 45.8. The number of aliphatic hydroxyl groups excluding tert-OH is 8. The van der Waals surface area contributed by atoms with Crippen LogP contribution in [0.4, 0.5) is 0 Å². The van der Waals surface area contributed by atoms with Crippen LogP contribution in [0, 0.1) is 0 Å². The molecule has 22 heavy (non-hydrogen) atoms. The molecule has 0 aromatic rings. The van der Waals surface area contributed by atoms with Gasteiger partial charge in [0, 0.05) is 13.1 Å². The summed E-state index contributed by atoms with van der Waals surface area (Å²) in [6, 6.07) is -1.07. The average Bonchev–Trinajstić information content (AvgIpc) is 2.51. The van der Waals surface area contributed by atoms with E-state index in [1.165, 1.54) is 0 Å². The molecule has 2 aliphatic heterocycles. The third kappa shape index (κ3) is 4.80. The first-order chi connectivity index (χ1) is 10.3. The summed E-state index contributed by atoms with van der Waals surface area (Å²) in [5.74, 6) is 0. The van der Waals surface area contributed by atoms with E-state index in [4.69, 9.17) is 30.6 Å². The SMILES string of the molecule is OCC1NCC(O)[C@@H](O)[C@@H]1O.OCC1NCC(O)[C@H](O)[C@H]1O. The van der Waals surface area contributed by atoms with E-state index >= 15 is 0 Å². The largest absolute Gasteiger partial charge is 0.395 e. The molecule has 0 radical (unpaired) electrons. The summed E-state index contributed by atoms with van der Waals surface area (Å²) in [5.41, 5.74) is 0. The van der Waals surface area contributed by atoms with Crippen LogP contribution >= 0.6 is 0 Å². The van der Waals surface area contributed by atoms with Crippen molar-refractivity contribution in [1.29, 1.82) is 0 Å². The molecule has 0 aromatic carbocycles. The minimum Gasteiger partial charge on any atom is -0.395 e. The van der Waals surface area contributed by atoms with Crippen LogP contribution in [0.3, 0.4) is 0 Å². The standard InChI is InChI=1S/2C6H13NO4/c2*8-2-3-5(10)6(11)4(9)1-7-3/h2*3-11H,1-2H2/t2*3?,4?,5-,6-/m10/s1. The van der Waals surface area contributed by atoms with Gasteiger partial charge in [-0.25, -0.2) is 0 Å².